The number of aromatic nitrogens is 2. The van der Waals surface area contributed by atoms with Gasteiger partial charge in [0, 0.05) is 50.4 Å². The van der Waals surface area contributed by atoms with Crippen molar-refractivity contribution in [2.75, 3.05) is 31.2 Å². The van der Waals surface area contributed by atoms with Gasteiger partial charge in [-0.2, -0.15) is 4.98 Å². The number of carbonyl (C=O) groups is 1. The van der Waals surface area contributed by atoms with Gasteiger partial charge >= 0.3 is 5.97 Å². The first-order valence-electron chi connectivity index (χ1n) is 9.50. The number of aliphatic hydroxyl groups is 1. The predicted octanol–water partition coefficient (Wildman–Crippen LogP) is 2.87. The smallest absolute Gasteiger partial charge is 0.303 e. The molecule has 0 bridgehead atoms. The number of halogens is 2. The lowest BCUT2D eigenvalue weighted by molar-refractivity contribution is -0.138. The van der Waals surface area contributed by atoms with E-state index < -0.39 is 17.6 Å². The molecule has 29 heavy (non-hydrogen) atoms. The number of piperidine rings is 1. The van der Waals surface area contributed by atoms with Crippen LogP contribution in [0.15, 0.2) is 24.4 Å². The quantitative estimate of drug-likeness (QED) is 0.650. The second-order valence-corrected chi connectivity index (χ2v) is 6.96. The van der Waals surface area contributed by atoms with Crippen LogP contribution in [0.4, 0.5) is 14.5 Å². The summed E-state index contributed by atoms with van der Waals surface area (Å²) in [6, 6.07) is 3.91. The van der Waals surface area contributed by atoms with E-state index in [1.54, 1.807) is 4.90 Å². The minimum Gasteiger partial charge on any atom is -0.481 e. The molecule has 0 amide bonds. The normalized spacial score (nSPS) is 14.8. The van der Waals surface area contributed by atoms with Crippen molar-refractivity contribution in [3.63, 3.8) is 0 Å². The number of nitrogens with zero attached hydrogens (tertiary/aromatic N) is 3. The van der Waals surface area contributed by atoms with Crippen LogP contribution in [0.1, 0.15) is 25.7 Å². The highest BCUT2D eigenvalue weighted by atomic mass is 19.1. The van der Waals surface area contributed by atoms with Gasteiger partial charge in [-0.15, -0.1) is 0 Å². The molecule has 7 nitrogen and oxygen atoms in total. The van der Waals surface area contributed by atoms with Crippen molar-refractivity contribution in [2.24, 2.45) is 5.92 Å². The molecule has 0 saturated carbocycles. The van der Waals surface area contributed by atoms with E-state index in [1.165, 1.54) is 24.4 Å². The van der Waals surface area contributed by atoms with Crippen molar-refractivity contribution in [1.82, 2.24) is 9.97 Å². The van der Waals surface area contributed by atoms with E-state index in [9.17, 15) is 13.6 Å². The zero-order valence-electron chi connectivity index (χ0n) is 15.9. The highest BCUT2D eigenvalue weighted by molar-refractivity contribution is 5.67. The summed E-state index contributed by atoms with van der Waals surface area (Å²) in [7, 11) is 0. The number of carboxylic acids is 1. The van der Waals surface area contributed by atoms with Crippen molar-refractivity contribution in [1.29, 1.82) is 0 Å². The number of aliphatic carboxylic acids is 1. The first-order chi connectivity index (χ1) is 14.0. The summed E-state index contributed by atoms with van der Waals surface area (Å²) < 4.78 is 34.9. The number of ether oxygens (including phenoxy) is 1. The summed E-state index contributed by atoms with van der Waals surface area (Å²) in [4.78, 5) is 20.7. The van der Waals surface area contributed by atoms with Gasteiger partial charge in [0.05, 0.1) is 6.61 Å². The number of anilines is 1. The van der Waals surface area contributed by atoms with Crippen molar-refractivity contribution < 1.29 is 28.5 Å². The molecular formula is C20H23F2N3O4. The van der Waals surface area contributed by atoms with Gasteiger partial charge in [-0.25, -0.2) is 13.8 Å². The van der Waals surface area contributed by atoms with E-state index in [-0.39, 0.29) is 48.5 Å². The lowest BCUT2D eigenvalue weighted by atomic mass is 9.93. The van der Waals surface area contributed by atoms with Crippen molar-refractivity contribution >= 4 is 11.7 Å². The molecule has 1 aliphatic rings. The summed E-state index contributed by atoms with van der Waals surface area (Å²) in [6.07, 6.45) is 3.10. The topological polar surface area (TPSA) is 95.8 Å². The second-order valence-electron chi connectivity index (χ2n) is 6.96. The molecule has 1 aromatic carbocycles. The Balaban J connectivity index is 1.75. The Morgan fingerprint density at radius 1 is 1.24 bits per heavy atom. The van der Waals surface area contributed by atoms with Gasteiger partial charge in [-0.3, -0.25) is 4.79 Å². The summed E-state index contributed by atoms with van der Waals surface area (Å²) in [5, 5.41) is 17.7. The van der Waals surface area contributed by atoms with Crippen LogP contribution in [0.25, 0.3) is 11.4 Å². The second kappa shape index (κ2) is 9.60. The van der Waals surface area contributed by atoms with Crippen molar-refractivity contribution in [3.05, 3.63) is 36.0 Å². The Hall–Kier alpha value is -2.81. The van der Waals surface area contributed by atoms with Crippen LogP contribution in [0.2, 0.25) is 0 Å². The summed E-state index contributed by atoms with van der Waals surface area (Å²) in [6.45, 7) is 1.06. The number of hydrogen-bond acceptors (Lipinski definition) is 6. The lowest BCUT2D eigenvalue weighted by Crippen LogP contribution is -2.35. The molecule has 1 aliphatic heterocycles. The fourth-order valence-corrected chi connectivity index (χ4v) is 3.41. The van der Waals surface area contributed by atoms with Gasteiger partial charge in [0.1, 0.15) is 17.3 Å². The minimum absolute atomic E-state index is 0.0105. The third kappa shape index (κ3) is 5.38. The molecule has 1 aromatic heterocycles. The molecule has 156 valence electrons. The Morgan fingerprint density at radius 3 is 2.55 bits per heavy atom. The summed E-state index contributed by atoms with van der Waals surface area (Å²) in [5.41, 5.74) is 0.0787. The molecule has 0 spiro atoms. The van der Waals surface area contributed by atoms with Crippen molar-refractivity contribution in [3.8, 4) is 17.3 Å². The highest BCUT2D eigenvalue weighted by Crippen LogP contribution is 2.32. The zero-order chi connectivity index (χ0) is 20.8. The highest BCUT2D eigenvalue weighted by Gasteiger charge is 2.26. The largest absolute Gasteiger partial charge is 0.481 e. The number of aliphatic hydroxyl groups excluding tert-OH is 1. The Labute approximate surface area is 167 Å². The average molecular weight is 407 g/mol. The van der Waals surface area contributed by atoms with Crippen LogP contribution in [-0.2, 0) is 4.79 Å². The van der Waals surface area contributed by atoms with Crippen LogP contribution in [-0.4, -0.2) is 52.5 Å². The zero-order valence-corrected chi connectivity index (χ0v) is 15.9. The summed E-state index contributed by atoms with van der Waals surface area (Å²) >= 11 is 0. The first-order valence-corrected chi connectivity index (χ1v) is 9.50. The van der Waals surface area contributed by atoms with E-state index >= 15 is 0 Å². The van der Waals surface area contributed by atoms with Gasteiger partial charge < -0.3 is 19.8 Å². The molecule has 9 heteroatoms. The Kier molecular flexibility index (Phi) is 6.92. The van der Waals surface area contributed by atoms with Gasteiger partial charge in [-0.1, -0.05) is 0 Å². The number of hydrogen-bond donors (Lipinski definition) is 2. The lowest BCUT2D eigenvalue weighted by Gasteiger charge is -2.33. The molecular weight excluding hydrogens is 384 g/mol. The fraction of sp³-hybridized carbons (Fsp3) is 0.450. The van der Waals surface area contributed by atoms with E-state index in [1.807, 2.05) is 0 Å². The van der Waals surface area contributed by atoms with E-state index in [2.05, 4.69) is 9.97 Å². The molecule has 2 N–H and O–H groups in total. The third-order valence-corrected chi connectivity index (χ3v) is 4.85. The summed E-state index contributed by atoms with van der Waals surface area (Å²) in [5.74, 6) is -1.87. The van der Waals surface area contributed by atoms with Crippen molar-refractivity contribution in [2.45, 2.75) is 25.7 Å². The fourth-order valence-electron chi connectivity index (χ4n) is 3.41. The molecule has 3 rings (SSSR count). The average Bonchev–Trinajstić information content (AvgIpc) is 2.69. The molecule has 2 aromatic rings. The Bertz CT molecular complexity index is 834. The van der Waals surface area contributed by atoms with Gasteiger partial charge in [0.25, 0.3) is 0 Å². The van der Waals surface area contributed by atoms with Gasteiger partial charge in [-0.05, 0) is 30.9 Å². The van der Waals surface area contributed by atoms with E-state index in [0.29, 0.717) is 32.4 Å². The monoisotopic (exact) mass is 407 g/mol. The number of carboxylic acid groups (broad SMARTS) is 1. The van der Waals surface area contributed by atoms with Crippen LogP contribution in [0.5, 0.6) is 5.88 Å². The number of rotatable bonds is 8. The first kappa shape index (κ1) is 20.9. The van der Waals surface area contributed by atoms with E-state index in [0.717, 1.165) is 0 Å². The Morgan fingerprint density at radius 2 is 1.93 bits per heavy atom. The minimum atomic E-state index is -0.854. The number of benzene rings is 1. The maximum absolute atomic E-state index is 14.7. The molecule has 2 heterocycles. The SMILES string of the molecule is O=C(O)CC1CCN(c2c(F)cc(-c3nccc(OCCCO)n3)cc2F)CC1. The van der Waals surface area contributed by atoms with Gasteiger partial charge in [0.2, 0.25) is 5.88 Å². The standard InChI is InChI=1S/C20H23F2N3O4/c21-15-11-14(20-23-5-2-17(24-20)29-9-1-8-26)12-16(22)19(15)25-6-3-13(4-7-25)10-18(27)28/h2,5,11-13,26H,1,3-4,6-10H2,(H,27,28). The maximum atomic E-state index is 14.7. The predicted molar refractivity (Wildman–Crippen MR) is 102 cm³/mol. The molecule has 1 fully saturated rings. The van der Waals surface area contributed by atoms with Crippen LogP contribution in [0.3, 0.4) is 0 Å². The molecule has 0 radical (unpaired) electrons. The van der Waals surface area contributed by atoms with Crippen LogP contribution < -0.4 is 9.64 Å². The van der Waals surface area contributed by atoms with Gasteiger partial charge in [0.15, 0.2) is 5.82 Å². The van der Waals surface area contributed by atoms with Crippen LogP contribution in [0, 0.1) is 17.6 Å². The molecule has 1 saturated heterocycles. The third-order valence-electron chi connectivity index (χ3n) is 4.85. The van der Waals surface area contributed by atoms with E-state index in [4.69, 9.17) is 14.9 Å². The molecule has 0 atom stereocenters. The van der Waals surface area contributed by atoms with Crippen LogP contribution >= 0.6 is 0 Å². The molecule has 0 unspecified atom stereocenters. The maximum Gasteiger partial charge on any atom is 0.303 e. The molecule has 0 aliphatic carbocycles.